The number of aryl methyl sites for hydroxylation is 1. The van der Waals surface area contributed by atoms with Crippen molar-refractivity contribution in [2.45, 2.75) is 6.42 Å². The minimum absolute atomic E-state index is 0.690. The molecule has 0 spiro atoms. The molecule has 0 radical (unpaired) electrons. The summed E-state index contributed by atoms with van der Waals surface area (Å²) in [6.07, 6.45) is 1.48. The molecule has 0 saturated heterocycles. The highest BCUT2D eigenvalue weighted by molar-refractivity contribution is 7.53. The van der Waals surface area contributed by atoms with Crippen LogP contribution in [-0.4, -0.2) is 13.3 Å². The van der Waals surface area contributed by atoms with Gasteiger partial charge in [0.2, 0.25) is 0 Å². The Labute approximate surface area is 108 Å². The normalized spacial score (nSPS) is 12.1. The SMILES string of the molecule is COc1ccccc1CC[PH](=O)c1ccccc1. The van der Waals surface area contributed by atoms with Crippen molar-refractivity contribution < 1.29 is 9.30 Å². The first-order valence-electron chi connectivity index (χ1n) is 6.01. The maximum atomic E-state index is 12.2. The highest BCUT2D eigenvalue weighted by atomic mass is 31.1. The predicted octanol–water partition coefficient (Wildman–Crippen LogP) is 3.12. The van der Waals surface area contributed by atoms with Crippen LogP contribution in [0.25, 0.3) is 0 Å². The fourth-order valence-corrected chi connectivity index (χ4v) is 3.28. The van der Waals surface area contributed by atoms with Gasteiger partial charge in [0.15, 0.2) is 0 Å². The van der Waals surface area contributed by atoms with Gasteiger partial charge in [-0.25, -0.2) is 0 Å². The van der Waals surface area contributed by atoms with Crippen molar-refractivity contribution in [1.29, 1.82) is 0 Å². The van der Waals surface area contributed by atoms with Crippen molar-refractivity contribution in [1.82, 2.24) is 0 Å². The number of methoxy groups -OCH3 is 1. The maximum absolute atomic E-state index is 12.2. The third-order valence-electron chi connectivity index (χ3n) is 2.91. The molecule has 1 atom stereocenters. The second kappa shape index (κ2) is 6.42. The lowest BCUT2D eigenvalue weighted by atomic mass is 10.1. The van der Waals surface area contributed by atoms with Crippen LogP contribution >= 0.6 is 7.80 Å². The van der Waals surface area contributed by atoms with Crippen molar-refractivity contribution in [3.8, 4) is 5.75 Å². The van der Waals surface area contributed by atoms with Gasteiger partial charge in [0, 0.05) is 11.5 Å². The second-order valence-corrected chi connectivity index (χ2v) is 6.02. The van der Waals surface area contributed by atoms with Crippen molar-refractivity contribution in [2.75, 3.05) is 13.3 Å². The number of para-hydroxylation sites is 1. The summed E-state index contributed by atoms with van der Waals surface area (Å²) in [4.78, 5) is 0. The van der Waals surface area contributed by atoms with Crippen LogP contribution in [-0.2, 0) is 11.0 Å². The predicted molar refractivity (Wildman–Crippen MR) is 76.6 cm³/mol. The molecule has 2 rings (SSSR count). The molecule has 94 valence electrons. The number of benzene rings is 2. The van der Waals surface area contributed by atoms with Crippen LogP contribution in [0.5, 0.6) is 5.75 Å². The van der Waals surface area contributed by atoms with Gasteiger partial charge in [-0.3, -0.25) is 0 Å². The lowest BCUT2D eigenvalue weighted by molar-refractivity contribution is 0.410. The van der Waals surface area contributed by atoms with Crippen molar-refractivity contribution >= 4 is 13.1 Å². The molecule has 2 aromatic carbocycles. The Balaban J connectivity index is 2.02. The van der Waals surface area contributed by atoms with Crippen LogP contribution in [0.2, 0.25) is 0 Å². The lowest BCUT2D eigenvalue weighted by Gasteiger charge is -2.08. The van der Waals surface area contributed by atoms with Crippen LogP contribution in [0.3, 0.4) is 0 Å². The third kappa shape index (κ3) is 3.24. The molecule has 3 heteroatoms. The average Bonchev–Trinajstić information content (AvgIpc) is 2.46. The first kappa shape index (κ1) is 12.9. The fourth-order valence-electron chi connectivity index (χ4n) is 1.93. The van der Waals surface area contributed by atoms with E-state index in [1.165, 1.54) is 0 Å². The summed E-state index contributed by atoms with van der Waals surface area (Å²) in [7, 11) is -0.0291. The molecule has 0 aromatic heterocycles. The summed E-state index contributed by atoms with van der Waals surface area (Å²) < 4.78 is 17.5. The van der Waals surface area contributed by atoms with Crippen molar-refractivity contribution in [3.05, 3.63) is 60.2 Å². The largest absolute Gasteiger partial charge is 0.496 e. The van der Waals surface area contributed by atoms with E-state index in [0.717, 1.165) is 23.0 Å². The van der Waals surface area contributed by atoms with Gasteiger partial charge in [0.25, 0.3) is 0 Å². The molecule has 2 aromatic rings. The molecule has 0 aliphatic rings. The van der Waals surface area contributed by atoms with E-state index in [0.29, 0.717) is 6.16 Å². The molecule has 0 aliphatic heterocycles. The van der Waals surface area contributed by atoms with E-state index in [4.69, 9.17) is 4.74 Å². The quantitative estimate of drug-likeness (QED) is 0.772. The van der Waals surface area contributed by atoms with Crippen LogP contribution in [0.4, 0.5) is 0 Å². The molecule has 0 fully saturated rings. The molecule has 18 heavy (non-hydrogen) atoms. The Morgan fingerprint density at radius 3 is 2.39 bits per heavy atom. The Morgan fingerprint density at radius 1 is 1.00 bits per heavy atom. The molecule has 0 amide bonds. The molecular formula is C15H17O2P. The first-order chi connectivity index (χ1) is 8.81. The lowest BCUT2D eigenvalue weighted by Crippen LogP contribution is -2.00. The highest BCUT2D eigenvalue weighted by Crippen LogP contribution is 2.25. The number of hydrogen-bond acceptors (Lipinski definition) is 2. The van der Waals surface area contributed by atoms with Gasteiger partial charge in [-0.2, -0.15) is 0 Å². The van der Waals surface area contributed by atoms with Crippen LogP contribution in [0.1, 0.15) is 5.56 Å². The second-order valence-electron chi connectivity index (χ2n) is 4.10. The van der Waals surface area contributed by atoms with E-state index >= 15 is 0 Å². The van der Waals surface area contributed by atoms with Gasteiger partial charge in [0.05, 0.1) is 7.11 Å². The fraction of sp³-hybridized carbons (Fsp3) is 0.200. The molecule has 1 unspecified atom stereocenters. The summed E-state index contributed by atoms with van der Waals surface area (Å²) >= 11 is 0. The smallest absolute Gasteiger partial charge is 0.122 e. The topological polar surface area (TPSA) is 26.3 Å². The minimum Gasteiger partial charge on any atom is -0.496 e. The molecular weight excluding hydrogens is 243 g/mol. The first-order valence-corrected chi connectivity index (χ1v) is 7.63. The molecule has 0 heterocycles. The minimum atomic E-state index is -1.69. The zero-order valence-electron chi connectivity index (χ0n) is 10.4. The van der Waals surface area contributed by atoms with Crippen molar-refractivity contribution in [2.24, 2.45) is 0 Å². The maximum Gasteiger partial charge on any atom is 0.122 e. The van der Waals surface area contributed by atoms with E-state index in [9.17, 15) is 4.57 Å². The van der Waals surface area contributed by atoms with E-state index in [-0.39, 0.29) is 0 Å². The van der Waals surface area contributed by atoms with Crippen LogP contribution in [0, 0.1) is 0 Å². The zero-order valence-corrected chi connectivity index (χ0v) is 11.4. The van der Waals surface area contributed by atoms with Crippen molar-refractivity contribution in [3.63, 3.8) is 0 Å². The van der Waals surface area contributed by atoms with E-state index in [1.54, 1.807) is 7.11 Å². The molecule has 0 saturated carbocycles. The molecule has 0 N–H and O–H groups in total. The molecule has 0 bridgehead atoms. The van der Waals surface area contributed by atoms with Gasteiger partial charge in [-0.15, -0.1) is 0 Å². The third-order valence-corrected chi connectivity index (χ3v) is 4.59. The number of hydrogen-bond donors (Lipinski definition) is 0. The average molecular weight is 260 g/mol. The van der Waals surface area contributed by atoms with E-state index in [2.05, 4.69) is 0 Å². The van der Waals surface area contributed by atoms with Gasteiger partial charge in [-0.1, -0.05) is 48.5 Å². The Hall–Kier alpha value is -1.53. The van der Waals surface area contributed by atoms with Crippen LogP contribution in [0.15, 0.2) is 54.6 Å². The standard InChI is InChI=1S/C15H17O2P/c1-17-15-10-6-5-7-13(15)11-12-18(16)14-8-3-2-4-9-14/h2-10,18H,11-12H2,1H3. The van der Waals surface area contributed by atoms with E-state index < -0.39 is 7.80 Å². The highest BCUT2D eigenvalue weighted by Gasteiger charge is 2.06. The zero-order chi connectivity index (χ0) is 12.8. The van der Waals surface area contributed by atoms with Crippen LogP contribution < -0.4 is 10.0 Å². The summed E-state index contributed by atoms with van der Waals surface area (Å²) in [6, 6.07) is 17.6. The Morgan fingerprint density at radius 2 is 1.67 bits per heavy atom. The van der Waals surface area contributed by atoms with Gasteiger partial charge in [-0.05, 0) is 18.1 Å². The summed E-state index contributed by atoms with van der Waals surface area (Å²) in [5.74, 6) is 0.875. The number of rotatable bonds is 5. The van der Waals surface area contributed by atoms with E-state index in [1.807, 2.05) is 54.6 Å². The number of ether oxygens (including phenoxy) is 1. The Kier molecular flexibility index (Phi) is 4.60. The summed E-state index contributed by atoms with van der Waals surface area (Å²) in [6.45, 7) is 0. The van der Waals surface area contributed by atoms with Gasteiger partial charge < -0.3 is 9.30 Å². The monoisotopic (exact) mass is 260 g/mol. The molecule has 2 nitrogen and oxygen atoms in total. The summed E-state index contributed by atoms with van der Waals surface area (Å²) in [5.41, 5.74) is 1.12. The molecule has 0 aliphatic carbocycles. The van der Waals surface area contributed by atoms with Gasteiger partial charge in [0.1, 0.15) is 13.6 Å². The van der Waals surface area contributed by atoms with Gasteiger partial charge >= 0.3 is 0 Å². The Bertz CT molecular complexity index is 523. The summed E-state index contributed by atoms with van der Waals surface area (Å²) in [5, 5.41) is 0.956.